The van der Waals surface area contributed by atoms with E-state index < -0.39 is 6.16 Å². The van der Waals surface area contributed by atoms with Gasteiger partial charge < -0.3 is 19.3 Å². The number of amides is 3. The van der Waals surface area contributed by atoms with Gasteiger partial charge in [0.15, 0.2) is 0 Å². The number of fused-ring (bicyclic) bond motifs is 1. The fourth-order valence-electron chi connectivity index (χ4n) is 4.62. The Morgan fingerprint density at radius 2 is 1.81 bits per heavy atom. The van der Waals surface area contributed by atoms with Crippen molar-refractivity contribution in [3.8, 4) is 16.9 Å². The van der Waals surface area contributed by atoms with Crippen LogP contribution in [-0.4, -0.2) is 51.2 Å². The number of likely N-dealkylation sites (N-methyl/N-ethyl adjacent to an activating group) is 1. The molecule has 9 heteroatoms. The van der Waals surface area contributed by atoms with E-state index in [2.05, 4.69) is 11.5 Å². The van der Waals surface area contributed by atoms with Crippen LogP contribution in [0.25, 0.3) is 22.2 Å². The first-order valence-corrected chi connectivity index (χ1v) is 12.0. The lowest BCUT2D eigenvalue weighted by Crippen LogP contribution is -2.31. The molecule has 1 N–H and O–H groups in total. The number of carboxylic acid groups (broad SMARTS) is 1. The number of para-hydroxylation sites is 1. The Bertz CT molecular complexity index is 1510. The number of imidazole rings is 1. The van der Waals surface area contributed by atoms with E-state index in [4.69, 9.17) is 14.8 Å². The van der Waals surface area contributed by atoms with Gasteiger partial charge in [0.2, 0.25) is 0 Å². The highest BCUT2D eigenvalue weighted by Gasteiger charge is 2.35. The summed E-state index contributed by atoms with van der Waals surface area (Å²) < 4.78 is 7.05. The molecule has 1 aliphatic rings. The minimum absolute atomic E-state index is 0.0597. The SMILES string of the molecule is CCCc1nc2ccc(N3C(=O)CN(C)C3=O)cc2n1Cc1ccc(-c2ccccc2OC(=O)O)cc1. The van der Waals surface area contributed by atoms with Crippen molar-refractivity contribution in [3.63, 3.8) is 0 Å². The fourth-order valence-corrected chi connectivity index (χ4v) is 4.62. The van der Waals surface area contributed by atoms with Gasteiger partial charge >= 0.3 is 12.2 Å². The number of hydrogen-bond acceptors (Lipinski definition) is 5. The van der Waals surface area contributed by atoms with Gasteiger partial charge in [0.1, 0.15) is 18.1 Å². The number of urea groups is 1. The summed E-state index contributed by atoms with van der Waals surface area (Å²) in [5, 5.41) is 9.04. The molecule has 2 heterocycles. The second-order valence-electron chi connectivity index (χ2n) is 8.97. The lowest BCUT2D eigenvalue weighted by Gasteiger charge is -2.15. The number of anilines is 1. The van der Waals surface area contributed by atoms with E-state index in [9.17, 15) is 14.4 Å². The molecule has 5 rings (SSSR count). The zero-order chi connectivity index (χ0) is 26.1. The normalized spacial score (nSPS) is 13.6. The number of aromatic nitrogens is 2. The molecule has 3 aromatic carbocycles. The van der Waals surface area contributed by atoms with Gasteiger partial charge in [0.05, 0.1) is 16.7 Å². The van der Waals surface area contributed by atoms with Crippen molar-refractivity contribution in [2.75, 3.05) is 18.5 Å². The van der Waals surface area contributed by atoms with Crippen LogP contribution in [0.15, 0.2) is 66.7 Å². The Balaban J connectivity index is 1.49. The van der Waals surface area contributed by atoms with Crippen molar-refractivity contribution in [2.45, 2.75) is 26.3 Å². The molecule has 37 heavy (non-hydrogen) atoms. The average Bonchev–Trinajstić information content (AvgIpc) is 3.34. The van der Waals surface area contributed by atoms with Gasteiger partial charge in [-0.25, -0.2) is 19.5 Å². The number of benzene rings is 3. The first kappa shape index (κ1) is 24.1. The number of aryl methyl sites for hydroxylation is 1. The van der Waals surface area contributed by atoms with E-state index in [1.54, 1.807) is 25.2 Å². The highest BCUT2D eigenvalue weighted by molar-refractivity contribution is 6.20. The Labute approximate surface area is 213 Å². The molecule has 0 bridgehead atoms. The monoisotopic (exact) mass is 498 g/mol. The molecule has 1 saturated heterocycles. The molecule has 3 amide bonds. The van der Waals surface area contributed by atoms with E-state index in [0.717, 1.165) is 40.8 Å². The van der Waals surface area contributed by atoms with E-state index in [1.807, 2.05) is 48.5 Å². The molecule has 1 aromatic heterocycles. The highest BCUT2D eigenvalue weighted by Crippen LogP contribution is 2.31. The molecule has 0 aliphatic carbocycles. The molecule has 0 saturated carbocycles. The molecule has 9 nitrogen and oxygen atoms in total. The highest BCUT2D eigenvalue weighted by atomic mass is 16.7. The second-order valence-corrected chi connectivity index (χ2v) is 8.97. The molecule has 1 aliphatic heterocycles. The minimum atomic E-state index is -1.36. The quantitative estimate of drug-likeness (QED) is 0.214. The first-order valence-electron chi connectivity index (χ1n) is 12.0. The zero-order valence-corrected chi connectivity index (χ0v) is 20.5. The van der Waals surface area contributed by atoms with Crippen LogP contribution in [0.1, 0.15) is 24.7 Å². The predicted molar refractivity (Wildman–Crippen MR) is 139 cm³/mol. The number of nitrogens with zero attached hydrogens (tertiary/aromatic N) is 4. The third-order valence-electron chi connectivity index (χ3n) is 6.37. The summed E-state index contributed by atoms with van der Waals surface area (Å²) >= 11 is 0. The van der Waals surface area contributed by atoms with Gasteiger partial charge in [-0.2, -0.15) is 0 Å². The van der Waals surface area contributed by atoms with E-state index >= 15 is 0 Å². The van der Waals surface area contributed by atoms with E-state index in [-0.39, 0.29) is 24.2 Å². The fraction of sp³-hybridized carbons (Fsp3) is 0.214. The van der Waals surface area contributed by atoms with Gasteiger partial charge in [-0.15, -0.1) is 0 Å². The number of ether oxygens (including phenoxy) is 1. The predicted octanol–water partition coefficient (Wildman–Crippen LogP) is 5.16. The van der Waals surface area contributed by atoms with Gasteiger partial charge in [-0.05, 0) is 41.8 Å². The standard InChI is InChI=1S/C28H26N4O5/c1-3-6-25-29-22-14-13-20(32-26(33)17-30(2)27(32)34)15-23(22)31(25)16-18-9-11-19(12-10-18)21-7-4-5-8-24(21)37-28(35)36/h4-5,7-15H,3,6,16-17H2,1-2H3,(H,35,36). The summed E-state index contributed by atoms with van der Waals surface area (Å²) in [5.74, 6) is 0.947. The lowest BCUT2D eigenvalue weighted by atomic mass is 10.0. The van der Waals surface area contributed by atoms with Gasteiger partial charge in [-0.3, -0.25) is 4.79 Å². The molecular formula is C28H26N4O5. The van der Waals surface area contributed by atoms with Crippen molar-refractivity contribution >= 4 is 34.8 Å². The van der Waals surface area contributed by atoms with Crippen LogP contribution in [0.5, 0.6) is 5.75 Å². The van der Waals surface area contributed by atoms with Crippen LogP contribution in [0.3, 0.4) is 0 Å². The maximum atomic E-state index is 12.5. The van der Waals surface area contributed by atoms with Crippen molar-refractivity contribution in [3.05, 3.63) is 78.1 Å². The molecule has 0 radical (unpaired) electrons. The lowest BCUT2D eigenvalue weighted by molar-refractivity contribution is -0.116. The largest absolute Gasteiger partial charge is 0.511 e. The molecule has 1 fully saturated rings. The number of carbonyl (C=O) groups is 3. The molecule has 0 atom stereocenters. The maximum Gasteiger partial charge on any atom is 0.511 e. The van der Waals surface area contributed by atoms with Gasteiger partial charge in [0, 0.05) is 25.6 Å². The number of imide groups is 1. The van der Waals surface area contributed by atoms with Crippen molar-refractivity contribution in [1.82, 2.24) is 14.5 Å². The minimum Gasteiger partial charge on any atom is -0.449 e. The van der Waals surface area contributed by atoms with Crippen LogP contribution in [0, 0.1) is 0 Å². The van der Waals surface area contributed by atoms with Crippen LogP contribution in [0.4, 0.5) is 15.3 Å². The molecule has 4 aromatic rings. The number of rotatable bonds is 7. The summed E-state index contributed by atoms with van der Waals surface area (Å²) in [7, 11) is 1.61. The number of carbonyl (C=O) groups excluding carboxylic acids is 2. The number of hydrogen-bond donors (Lipinski definition) is 1. The summed E-state index contributed by atoms with van der Waals surface area (Å²) in [5.41, 5.74) is 4.72. The van der Waals surface area contributed by atoms with Crippen molar-refractivity contribution in [2.24, 2.45) is 0 Å². The smallest absolute Gasteiger partial charge is 0.449 e. The first-order chi connectivity index (χ1) is 17.9. The molecule has 0 unspecified atom stereocenters. The van der Waals surface area contributed by atoms with Gasteiger partial charge in [0.25, 0.3) is 5.91 Å². The second kappa shape index (κ2) is 9.77. The van der Waals surface area contributed by atoms with Crippen molar-refractivity contribution in [1.29, 1.82) is 0 Å². The Morgan fingerprint density at radius 3 is 2.49 bits per heavy atom. The van der Waals surface area contributed by atoms with Crippen molar-refractivity contribution < 1.29 is 24.2 Å². The van der Waals surface area contributed by atoms with Gasteiger partial charge in [-0.1, -0.05) is 49.4 Å². The van der Waals surface area contributed by atoms with E-state index in [1.165, 1.54) is 9.80 Å². The molecule has 188 valence electrons. The summed E-state index contributed by atoms with van der Waals surface area (Å²) in [6, 6.07) is 20.0. The maximum absolute atomic E-state index is 12.5. The molecular weight excluding hydrogens is 472 g/mol. The zero-order valence-electron chi connectivity index (χ0n) is 20.5. The van der Waals surface area contributed by atoms with Crippen LogP contribution < -0.4 is 9.64 Å². The third kappa shape index (κ3) is 4.63. The third-order valence-corrected chi connectivity index (χ3v) is 6.37. The Kier molecular flexibility index (Phi) is 6.35. The molecule has 0 spiro atoms. The van der Waals surface area contributed by atoms with Crippen LogP contribution in [0.2, 0.25) is 0 Å². The van der Waals surface area contributed by atoms with Crippen LogP contribution >= 0.6 is 0 Å². The Morgan fingerprint density at radius 1 is 1.05 bits per heavy atom. The topological polar surface area (TPSA) is 105 Å². The summed E-state index contributed by atoms with van der Waals surface area (Å²) in [6.07, 6.45) is 0.346. The average molecular weight is 499 g/mol. The van der Waals surface area contributed by atoms with E-state index in [0.29, 0.717) is 17.8 Å². The summed E-state index contributed by atoms with van der Waals surface area (Å²) in [4.78, 5) is 43.5. The van der Waals surface area contributed by atoms with Crippen LogP contribution in [-0.2, 0) is 17.8 Å². The summed E-state index contributed by atoms with van der Waals surface area (Å²) in [6.45, 7) is 2.70. The Hall–Kier alpha value is -4.66.